The van der Waals surface area contributed by atoms with Gasteiger partial charge in [-0.05, 0) is 117 Å². The number of unbranched alkanes of at least 4 members (excludes halogenated alkanes) is 11. The van der Waals surface area contributed by atoms with Gasteiger partial charge in [0, 0.05) is 49.8 Å². The Hall–Kier alpha value is -4.82. The number of oxime groups is 1. The second-order valence-electron chi connectivity index (χ2n) is 20.3. The van der Waals surface area contributed by atoms with E-state index in [2.05, 4.69) is 30.6 Å². The first-order valence-corrected chi connectivity index (χ1v) is 27.4. The van der Waals surface area contributed by atoms with Gasteiger partial charge in [-0.25, -0.2) is 9.18 Å². The van der Waals surface area contributed by atoms with E-state index in [1.54, 1.807) is 23.1 Å². The molecule has 1 saturated carbocycles. The Kier molecular flexibility index (Phi) is 21.8. The standard InChI is InChI=1S/C59H82FN3O9/c1-4-6-7-8-9-10-11-12-13-19-37-68-58(66)63(41-44-27-29-46(60)30-28-44)54-40-52(62-72-55-26-16-20-36-67-55)50-38-45(23-14-17-33-64)49(25-15-18-34-65)56-51-39-48(69-42-47-24-21-22-43(3)61-47)31-32-53(51)71-59(54,57(50)56)70-35-5-2/h5,21-22,24,27-32,38-39,45,49,54-57,64-65H,2,4,6-20,23,25-26,33-37,40-42H2,1,3H3/t45-,49+,54-,55?,56+,57+,59+/m0/s1. The lowest BCUT2D eigenvalue weighted by atomic mass is 9.55. The van der Waals surface area contributed by atoms with Crippen LogP contribution in [0.15, 0.2) is 90.1 Å². The molecule has 2 N–H and O–H groups in total. The third kappa shape index (κ3) is 14.7. The zero-order valence-electron chi connectivity index (χ0n) is 43.2. The third-order valence-corrected chi connectivity index (χ3v) is 15.0. The van der Waals surface area contributed by atoms with Crippen molar-refractivity contribution >= 4 is 11.8 Å². The van der Waals surface area contributed by atoms with Gasteiger partial charge in [-0.1, -0.05) is 113 Å². The number of aliphatic hydroxyl groups is 2. The Bertz CT molecular complexity index is 2200. The van der Waals surface area contributed by atoms with Crippen LogP contribution in [0.25, 0.3) is 0 Å². The van der Waals surface area contributed by atoms with E-state index in [0.29, 0.717) is 48.6 Å². The van der Waals surface area contributed by atoms with Crippen LogP contribution in [0.3, 0.4) is 0 Å². The lowest BCUT2D eigenvalue weighted by Crippen LogP contribution is -2.70. The van der Waals surface area contributed by atoms with Crippen molar-refractivity contribution < 1.29 is 47.9 Å². The number of pyridine rings is 1. The number of hydrogen-bond donors (Lipinski definition) is 2. The maximum atomic E-state index is 15.1. The molecule has 3 heterocycles. The SMILES string of the molecule is C=CCO[C@@]12Oc3ccc(OCc4cccc(C)n4)cc3[C@H]3[C@H](CCCCO)[C@@H](CCCCO)C=C(C(=NOC4CCCCO4)C[C@@H]1N(Cc1ccc(F)cc1)C(=O)OCCCCCCCCCCCC)[C@H]32. The van der Waals surface area contributed by atoms with E-state index in [4.69, 9.17) is 33.7 Å². The van der Waals surface area contributed by atoms with Crippen LogP contribution in [0.1, 0.15) is 164 Å². The van der Waals surface area contributed by atoms with Crippen LogP contribution in [0, 0.1) is 30.5 Å². The van der Waals surface area contributed by atoms with Gasteiger partial charge < -0.3 is 38.7 Å². The number of carbonyl (C=O) groups excluding carboxylic acids is 1. The number of hydrogen-bond acceptors (Lipinski definition) is 11. The van der Waals surface area contributed by atoms with Crippen LogP contribution < -0.4 is 9.47 Å². The predicted octanol–water partition coefficient (Wildman–Crippen LogP) is 12.8. The number of ether oxygens (including phenoxy) is 5. The van der Waals surface area contributed by atoms with Gasteiger partial charge in [0.2, 0.25) is 12.1 Å². The maximum Gasteiger partial charge on any atom is 0.410 e. The predicted molar refractivity (Wildman–Crippen MR) is 278 cm³/mol. The molecule has 7 atom stereocenters. The molecule has 2 aromatic carbocycles. The van der Waals surface area contributed by atoms with Gasteiger partial charge >= 0.3 is 6.09 Å². The molecule has 394 valence electrons. The summed E-state index contributed by atoms with van der Waals surface area (Å²) in [6.45, 7) is 9.75. The van der Waals surface area contributed by atoms with E-state index in [9.17, 15) is 14.6 Å². The molecular formula is C59H82FN3O9. The van der Waals surface area contributed by atoms with Gasteiger partial charge in [0.1, 0.15) is 30.0 Å². The van der Waals surface area contributed by atoms with E-state index in [1.165, 1.54) is 50.7 Å². The molecule has 0 radical (unpaired) electrons. The molecule has 12 nitrogen and oxygen atoms in total. The molecule has 1 saturated heterocycles. The normalized spacial score (nSPS) is 23.8. The summed E-state index contributed by atoms with van der Waals surface area (Å²) in [5, 5.41) is 25.1. The second-order valence-corrected chi connectivity index (χ2v) is 20.3. The van der Waals surface area contributed by atoms with Gasteiger partial charge in [0.15, 0.2) is 0 Å². The lowest BCUT2D eigenvalue weighted by molar-refractivity contribution is -0.256. The number of carbonyl (C=O) groups is 1. The molecular weight excluding hydrogens is 914 g/mol. The van der Waals surface area contributed by atoms with E-state index in [0.717, 1.165) is 86.7 Å². The summed E-state index contributed by atoms with van der Waals surface area (Å²) < 4.78 is 48.0. The number of allylic oxidation sites excluding steroid dienone is 1. The monoisotopic (exact) mass is 996 g/mol. The Morgan fingerprint density at radius 3 is 2.39 bits per heavy atom. The van der Waals surface area contributed by atoms with E-state index in [-0.39, 0.29) is 69.6 Å². The van der Waals surface area contributed by atoms with Gasteiger partial charge in [-0.3, -0.25) is 9.88 Å². The van der Waals surface area contributed by atoms with Gasteiger partial charge in [0.05, 0.1) is 37.1 Å². The summed E-state index contributed by atoms with van der Waals surface area (Å²) in [7, 11) is 0. The molecule has 1 amide bonds. The first kappa shape index (κ1) is 54.9. The third-order valence-electron chi connectivity index (χ3n) is 15.0. The van der Waals surface area contributed by atoms with Crippen LogP contribution in [0.2, 0.25) is 0 Å². The molecule has 4 aliphatic rings. The average Bonchev–Trinajstić information content (AvgIpc) is 3.39. The second kappa shape index (κ2) is 28.6. The highest BCUT2D eigenvalue weighted by Gasteiger charge is 2.66. The van der Waals surface area contributed by atoms with Gasteiger partial charge in [0.25, 0.3) is 0 Å². The number of amides is 1. The summed E-state index contributed by atoms with van der Waals surface area (Å²) >= 11 is 0. The lowest BCUT2D eigenvalue weighted by Gasteiger charge is -2.60. The van der Waals surface area contributed by atoms with Crippen molar-refractivity contribution in [2.75, 3.05) is 33.0 Å². The number of rotatable bonds is 30. The smallest absolute Gasteiger partial charge is 0.410 e. The topological polar surface area (TPSA) is 141 Å². The van der Waals surface area contributed by atoms with E-state index < -0.39 is 30.1 Å². The number of aryl methyl sites for hydroxylation is 1. The number of aliphatic hydroxyl groups excluding tert-OH is 2. The summed E-state index contributed by atoms with van der Waals surface area (Å²) in [4.78, 5) is 27.8. The minimum absolute atomic E-state index is 0.0171. The minimum atomic E-state index is -1.51. The highest BCUT2D eigenvalue weighted by atomic mass is 19.1. The number of halogens is 1. The molecule has 2 aliphatic heterocycles. The quantitative estimate of drug-likeness (QED) is 0.0377. The molecule has 2 aliphatic carbocycles. The van der Waals surface area contributed by atoms with Gasteiger partial charge in [-0.15, -0.1) is 6.58 Å². The van der Waals surface area contributed by atoms with Crippen molar-refractivity contribution in [1.29, 1.82) is 0 Å². The Morgan fingerprint density at radius 1 is 0.931 bits per heavy atom. The van der Waals surface area contributed by atoms with Crippen molar-refractivity contribution in [1.82, 2.24) is 9.88 Å². The zero-order chi connectivity index (χ0) is 50.5. The summed E-state index contributed by atoms with van der Waals surface area (Å²) in [5.74, 6) is -1.34. The van der Waals surface area contributed by atoms with E-state index >= 15 is 4.79 Å². The highest BCUT2D eigenvalue weighted by Crippen LogP contribution is 2.62. The molecule has 0 bridgehead atoms. The molecule has 1 unspecified atom stereocenters. The molecule has 72 heavy (non-hydrogen) atoms. The Morgan fingerprint density at radius 2 is 1.68 bits per heavy atom. The Balaban J connectivity index is 1.32. The van der Waals surface area contributed by atoms with Crippen LogP contribution in [0.5, 0.6) is 11.5 Å². The molecule has 1 aromatic heterocycles. The molecule has 0 spiro atoms. The van der Waals surface area contributed by atoms with Crippen LogP contribution in [0.4, 0.5) is 9.18 Å². The first-order chi connectivity index (χ1) is 35.3. The average molecular weight is 996 g/mol. The number of nitrogens with zero attached hydrogens (tertiary/aromatic N) is 3. The van der Waals surface area contributed by atoms with Gasteiger partial charge in [-0.2, -0.15) is 0 Å². The minimum Gasteiger partial charge on any atom is -0.487 e. The molecule has 3 aromatic rings. The van der Waals surface area contributed by atoms with Crippen molar-refractivity contribution in [3.05, 3.63) is 113 Å². The van der Waals surface area contributed by atoms with E-state index in [1.807, 2.05) is 37.3 Å². The summed E-state index contributed by atoms with van der Waals surface area (Å²) in [6.07, 6.45) is 21.8. The van der Waals surface area contributed by atoms with Crippen molar-refractivity contribution in [2.45, 2.75) is 179 Å². The zero-order valence-corrected chi connectivity index (χ0v) is 43.2. The van der Waals surface area contributed by atoms with Crippen molar-refractivity contribution in [2.24, 2.45) is 22.9 Å². The first-order valence-electron chi connectivity index (χ1n) is 27.4. The van der Waals surface area contributed by atoms with Crippen LogP contribution in [-0.4, -0.2) is 83.1 Å². The Labute approximate surface area is 428 Å². The number of aromatic nitrogens is 1. The number of benzene rings is 2. The summed E-state index contributed by atoms with van der Waals surface area (Å²) in [5.41, 5.74) is 4.97. The fourth-order valence-corrected chi connectivity index (χ4v) is 11.4. The summed E-state index contributed by atoms with van der Waals surface area (Å²) in [6, 6.07) is 17.2. The fraction of sp³-hybridized carbons (Fsp3) is 0.610. The maximum absolute atomic E-state index is 15.1. The van der Waals surface area contributed by atoms with Crippen molar-refractivity contribution in [3.63, 3.8) is 0 Å². The van der Waals surface area contributed by atoms with Crippen LogP contribution >= 0.6 is 0 Å². The highest BCUT2D eigenvalue weighted by molar-refractivity contribution is 6.03. The fourth-order valence-electron chi connectivity index (χ4n) is 11.4. The number of fused-ring (bicyclic) bond motifs is 2. The molecule has 2 fully saturated rings. The molecule has 13 heteroatoms. The largest absolute Gasteiger partial charge is 0.487 e. The van der Waals surface area contributed by atoms with Crippen molar-refractivity contribution in [3.8, 4) is 11.5 Å². The van der Waals surface area contributed by atoms with Crippen LogP contribution in [-0.2, 0) is 32.2 Å². The molecule has 7 rings (SSSR count).